The molecule has 2 aliphatic heterocycles. The van der Waals surface area contributed by atoms with E-state index in [0.29, 0.717) is 22.5 Å². The molecule has 1 N–H and O–H groups in total. The van der Waals surface area contributed by atoms with Gasteiger partial charge < -0.3 is 4.90 Å². The molecule has 0 spiro atoms. The highest BCUT2D eigenvalue weighted by atomic mass is 79.9. The Morgan fingerprint density at radius 2 is 2.05 bits per heavy atom. The zero-order chi connectivity index (χ0) is 13.1. The van der Waals surface area contributed by atoms with Crippen LogP contribution in [0.2, 0.25) is 10.0 Å². The summed E-state index contributed by atoms with van der Waals surface area (Å²) in [5, 5.41) is 3.79. The molecular formula is C12H12BrCl2N3O. The lowest BCUT2D eigenvalue weighted by atomic mass is 10.0. The Kier molecular flexibility index (Phi) is 3.58. The lowest BCUT2D eigenvalue weighted by Gasteiger charge is -2.33. The number of hydrogen-bond donors (Lipinski definition) is 1. The quantitative estimate of drug-likeness (QED) is 0.767. The second kappa shape index (κ2) is 4.65. The Morgan fingerprint density at radius 3 is 2.74 bits per heavy atom. The zero-order valence-corrected chi connectivity index (χ0v) is 13.6. The van der Waals surface area contributed by atoms with E-state index in [2.05, 4.69) is 10.3 Å². The largest absolute Gasteiger partial charge is 0.324 e. The van der Waals surface area contributed by atoms with Crippen molar-refractivity contribution in [3.05, 3.63) is 27.7 Å². The average molecular weight is 365 g/mol. The molecule has 0 unspecified atom stereocenters. The van der Waals surface area contributed by atoms with Gasteiger partial charge in [-0.15, -0.1) is 17.0 Å². The van der Waals surface area contributed by atoms with Crippen molar-refractivity contribution < 1.29 is 4.79 Å². The van der Waals surface area contributed by atoms with Gasteiger partial charge in [-0.3, -0.25) is 10.1 Å². The molecular weight excluding hydrogens is 353 g/mol. The monoisotopic (exact) mass is 363 g/mol. The molecule has 2 aliphatic rings. The number of hydrogen-bond acceptors (Lipinski definition) is 3. The molecule has 102 valence electrons. The number of amides is 1. The van der Waals surface area contributed by atoms with Gasteiger partial charge in [-0.1, -0.05) is 23.2 Å². The molecule has 0 saturated carbocycles. The minimum Gasteiger partial charge on any atom is -0.324 e. The molecule has 4 nitrogen and oxygen atoms in total. The number of nitrogens with one attached hydrogen (secondary N) is 1. The molecule has 1 amide bonds. The van der Waals surface area contributed by atoms with Crippen molar-refractivity contribution >= 4 is 57.7 Å². The number of fused-ring (bicyclic) bond motifs is 2. The van der Waals surface area contributed by atoms with Gasteiger partial charge in [0.2, 0.25) is 5.96 Å². The Morgan fingerprint density at radius 1 is 1.37 bits per heavy atom. The first-order chi connectivity index (χ1) is 8.41. The van der Waals surface area contributed by atoms with Crippen LogP contribution in [0.4, 0.5) is 5.69 Å². The van der Waals surface area contributed by atoms with Gasteiger partial charge in [-0.25, -0.2) is 4.99 Å². The zero-order valence-electron chi connectivity index (χ0n) is 10.3. The number of nitrogens with zero attached hydrogens (tertiary/aromatic N) is 2. The number of aliphatic imine (C=N–C) groups is 1. The van der Waals surface area contributed by atoms with E-state index in [0.717, 1.165) is 11.3 Å². The predicted octanol–water partition coefficient (Wildman–Crippen LogP) is 3.28. The van der Waals surface area contributed by atoms with E-state index >= 15 is 0 Å². The number of rotatable bonds is 0. The smallest absolute Gasteiger partial charge is 0.252 e. The number of guanidine groups is 1. The van der Waals surface area contributed by atoms with Gasteiger partial charge >= 0.3 is 0 Å². The summed E-state index contributed by atoms with van der Waals surface area (Å²) in [6, 6.07) is 3.52. The summed E-state index contributed by atoms with van der Waals surface area (Å²) in [7, 11) is 0. The molecule has 0 aromatic heterocycles. The second-order valence-corrected chi connectivity index (χ2v) is 5.68. The lowest BCUT2D eigenvalue weighted by molar-refractivity contribution is -0.125. The maximum Gasteiger partial charge on any atom is 0.252 e. The summed E-state index contributed by atoms with van der Waals surface area (Å²) < 4.78 is 0. The van der Waals surface area contributed by atoms with Gasteiger partial charge in [-0.05, 0) is 26.0 Å². The third-order valence-electron chi connectivity index (χ3n) is 3.43. The van der Waals surface area contributed by atoms with Crippen molar-refractivity contribution in [1.82, 2.24) is 10.2 Å². The van der Waals surface area contributed by atoms with Gasteiger partial charge in [-0.2, -0.15) is 0 Å². The highest BCUT2D eigenvalue weighted by Crippen LogP contribution is 2.39. The van der Waals surface area contributed by atoms with Crippen molar-refractivity contribution in [2.75, 3.05) is 0 Å². The first-order valence-corrected chi connectivity index (χ1v) is 6.31. The summed E-state index contributed by atoms with van der Waals surface area (Å²) in [4.78, 5) is 18.2. The van der Waals surface area contributed by atoms with E-state index in [1.54, 1.807) is 6.07 Å². The molecule has 1 aromatic rings. The van der Waals surface area contributed by atoms with Crippen LogP contribution in [-0.2, 0) is 11.3 Å². The number of halogens is 3. The highest BCUT2D eigenvalue weighted by Gasteiger charge is 2.45. The molecule has 1 fully saturated rings. The summed E-state index contributed by atoms with van der Waals surface area (Å²) in [5.74, 6) is 0.521. The van der Waals surface area contributed by atoms with Crippen LogP contribution in [0.1, 0.15) is 19.4 Å². The fourth-order valence-corrected chi connectivity index (χ4v) is 2.58. The standard InChI is InChI=1S/C12H11Cl2N3O.BrH/c1-12(2)10(18)16-11-15-8-4-3-7(13)9(14)6(8)5-17(11)12;/h3-4H,5H2,1-2H3,(H,15,16,18);1H. The number of benzene rings is 1. The minimum atomic E-state index is -0.623. The van der Waals surface area contributed by atoms with Crippen LogP contribution in [-0.4, -0.2) is 22.3 Å². The van der Waals surface area contributed by atoms with E-state index in [9.17, 15) is 4.79 Å². The molecule has 0 radical (unpaired) electrons. The van der Waals surface area contributed by atoms with Gasteiger partial charge in [0.15, 0.2) is 0 Å². The van der Waals surface area contributed by atoms with Crippen molar-refractivity contribution in [3.63, 3.8) is 0 Å². The summed E-state index contributed by atoms with van der Waals surface area (Å²) in [5.41, 5.74) is 0.994. The molecule has 19 heavy (non-hydrogen) atoms. The summed E-state index contributed by atoms with van der Waals surface area (Å²) >= 11 is 12.2. The first kappa shape index (κ1) is 14.6. The van der Waals surface area contributed by atoms with E-state index in [-0.39, 0.29) is 22.9 Å². The van der Waals surface area contributed by atoms with Gasteiger partial charge in [0.05, 0.1) is 22.3 Å². The fourth-order valence-electron chi connectivity index (χ4n) is 2.18. The SMILES string of the molecule is Br.CC1(C)C(=O)NC2=Nc3ccc(Cl)c(Cl)c3CN21. The van der Waals surface area contributed by atoms with Gasteiger partial charge in [0, 0.05) is 5.56 Å². The predicted molar refractivity (Wildman–Crippen MR) is 81.6 cm³/mol. The third kappa shape index (κ3) is 2.04. The van der Waals surface area contributed by atoms with Crippen LogP contribution in [0.3, 0.4) is 0 Å². The maximum absolute atomic E-state index is 11.9. The van der Waals surface area contributed by atoms with Crippen LogP contribution in [0.25, 0.3) is 0 Å². The number of carbonyl (C=O) groups excluding carboxylic acids is 1. The Bertz CT molecular complexity index is 601. The topological polar surface area (TPSA) is 44.7 Å². The van der Waals surface area contributed by atoms with Crippen LogP contribution in [0.5, 0.6) is 0 Å². The summed E-state index contributed by atoms with van der Waals surface area (Å²) in [6.45, 7) is 4.24. The molecule has 0 aliphatic carbocycles. The van der Waals surface area contributed by atoms with Crippen LogP contribution < -0.4 is 5.32 Å². The van der Waals surface area contributed by atoms with Crippen LogP contribution >= 0.6 is 40.2 Å². The highest BCUT2D eigenvalue weighted by molar-refractivity contribution is 8.93. The Balaban J connectivity index is 0.00000133. The third-order valence-corrected chi connectivity index (χ3v) is 4.27. The van der Waals surface area contributed by atoms with Crippen molar-refractivity contribution in [1.29, 1.82) is 0 Å². The molecule has 7 heteroatoms. The molecule has 0 atom stereocenters. The van der Waals surface area contributed by atoms with Gasteiger partial charge in [0.25, 0.3) is 5.91 Å². The van der Waals surface area contributed by atoms with E-state index in [1.165, 1.54) is 0 Å². The van der Waals surface area contributed by atoms with E-state index in [4.69, 9.17) is 23.2 Å². The van der Waals surface area contributed by atoms with E-state index < -0.39 is 5.54 Å². The summed E-state index contributed by atoms with van der Waals surface area (Å²) in [6.07, 6.45) is 0. The molecule has 1 aromatic carbocycles. The molecule has 1 saturated heterocycles. The molecule has 3 rings (SSSR count). The normalized spacial score (nSPS) is 19.1. The fraction of sp³-hybridized carbons (Fsp3) is 0.333. The first-order valence-electron chi connectivity index (χ1n) is 5.56. The molecule has 2 heterocycles. The Hall–Kier alpha value is -0.780. The van der Waals surface area contributed by atoms with Crippen molar-refractivity contribution in [2.24, 2.45) is 4.99 Å². The lowest BCUT2D eigenvalue weighted by Crippen LogP contribution is -2.44. The van der Waals surface area contributed by atoms with Crippen LogP contribution in [0.15, 0.2) is 17.1 Å². The average Bonchev–Trinajstić information content (AvgIpc) is 2.54. The van der Waals surface area contributed by atoms with Crippen molar-refractivity contribution in [2.45, 2.75) is 25.9 Å². The number of carbonyl (C=O) groups is 1. The van der Waals surface area contributed by atoms with E-state index in [1.807, 2.05) is 24.8 Å². The molecule has 0 bridgehead atoms. The second-order valence-electron chi connectivity index (χ2n) is 4.89. The maximum atomic E-state index is 11.9. The van der Waals surface area contributed by atoms with Gasteiger partial charge in [0.1, 0.15) is 5.54 Å². The Labute approximate surface area is 131 Å². The minimum absolute atomic E-state index is 0. The van der Waals surface area contributed by atoms with Crippen LogP contribution in [0, 0.1) is 0 Å². The van der Waals surface area contributed by atoms with Crippen molar-refractivity contribution in [3.8, 4) is 0 Å².